The molecule has 0 saturated heterocycles. The molecule has 3 aromatic carbocycles. The predicted octanol–water partition coefficient (Wildman–Crippen LogP) is 5.98. The van der Waals surface area contributed by atoms with Crippen molar-refractivity contribution in [2.24, 2.45) is 0 Å². The third-order valence-electron chi connectivity index (χ3n) is 4.82. The number of rotatable bonds is 7. The molecule has 0 atom stereocenters. The molecule has 0 unspecified atom stereocenters. The molecule has 0 aromatic heterocycles. The molecule has 0 bridgehead atoms. The first-order valence-electron chi connectivity index (χ1n) is 9.84. The Morgan fingerprint density at radius 1 is 1.07 bits per heavy atom. The average molecular weight is 418 g/mol. The average Bonchev–Trinajstić information content (AvgIpc) is 2.75. The summed E-state index contributed by atoms with van der Waals surface area (Å²) in [6.07, 6.45) is 0. The standard InChI is InChI=1S/C25H24ClN3O/c1-18(2)21-8-12-23(13-9-21)28-25(30)17-29(16-19-6-10-22(26)11-7-19)24-5-3-4-20(14-24)15-27/h3-14,18H,16-17H2,1-2H3,(H,28,30). The fourth-order valence-electron chi connectivity index (χ4n) is 3.15. The first-order valence-corrected chi connectivity index (χ1v) is 10.2. The number of amides is 1. The van der Waals surface area contributed by atoms with E-state index in [2.05, 4.69) is 25.2 Å². The second-order valence-corrected chi connectivity index (χ2v) is 7.91. The lowest BCUT2D eigenvalue weighted by atomic mass is 10.0. The number of nitriles is 1. The van der Waals surface area contributed by atoms with E-state index in [1.165, 1.54) is 5.56 Å². The molecule has 0 heterocycles. The van der Waals surface area contributed by atoms with Gasteiger partial charge in [-0.3, -0.25) is 4.79 Å². The van der Waals surface area contributed by atoms with Gasteiger partial charge in [0, 0.05) is 22.9 Å². The summed E-state index contributed by atoms with van der Waals surface area (Å²) in [4.78, 5) is 14.7. The van der Waals surface area contributed by atoms with Crippen molar-refractivity contribution in [3.63, 3.8) is 0 Å². The van der Waals surface area contributed by atoms with Crippen LogP contribution in [0.15, 0.2) is 72.8 Å². The molecule has 1 amide bonds. The molecule has 0 aliphatic rings. The second-order valence-electron chi connectivity index (χ2n) is 7.47. The number of nitrogens with one attached hydrogen (secondary N) is 1. The van der Waals surface area contributed by atoms with Crippen LogP contribution < -0.4 is 10.2 Å². The summed E-state index contributed by atoms with van der Waals surface area (Å²) >= 11 is 6.00. The molecule has 0 aliphatic heterocycles. The van der Waals surface area contributed by atoms with Crippen molar-refractivity contribution in [3.05, 3.63) is 94.5 Å². The quantitative estimate of drug-likeness (QED) is 0.514. The Kier molecular flexibility index (Phi) is 7.11. The molecular formula is C25H24ClN3O. The third kappa shape index (κ3) is 5.85. The minimum atomic E-state index is -0.122. The van der Waals surface area contributed by atoms with Crippen LogP contribution >= 0.6 is 11.6 Å². The van der Waals surface area contributed by atoms with Gasteiger partial charge in [-0.2, -0.15) is 5.26 Å². The summed E-state index contributed by atoms with van der Waals surface area (Å²) in [5, 5.41) is 12.9. The summed E-state index contributed by atoms with van der Waals surface area (Å²) in [5.41, 5.74) is 4.38. The largest absolute Gasteiger partial charge is 0.358 e. The maximum atomic E-state index is 12.8. The predicted molar refractivity (Wildman–Crippen MR) is 123 cm³/mol. The number of anilines is 2. The number of carbonyl (C=O) groups excluding carboxylic acids is 1. The van der Waals surface area contributed by atoms with Crippen LogP contribution in [0.5, 0.6) is 0 Å². The first-order chi connectivity index (χ1) is 14.4. The molecule has 1 N–H and O–H groups in total. The Morgan fingerprint density at radius 3 is 2.40 bits per heavy atom. The molecule has 30 heavy (non-hydrogen) atoms. The van der Waals surface area contributed by atoms with Gasteiger partial charge in [0.25, 0.3) is 0 Å². The van der Waals surface area contributed by atoms with Crippen molar-refractivity contribution in [2.75, 3.05) is 16.8 Å². The number of hydrogen-bond donors (Lipinski definition) is 1. The lowest BCUT2D eigenvalue weighted by Crippen LogP contribution is -2.33. The van der Waals surface area contributed by atoms with Crippen LogP contribution in [0.2, 0.25) is 5.02 Å². The van der Waals surface area contributed by atoms with Gasteiger partial charge in [-0.15, -0.1) is 0 Å². The van der Waals surface area contributed by atoms with E-state index in [1.54, 1.807) is 12.1 Å². The number of halogens is 1. The molecule has 0 radical (unpaired) electrons. The highest BCUT2D eigenvalue weighted by molar-refractivity contribution is 6.30. The molecule has 0 spiro atoms. The smallest absolute Gasteiger partial charge is 0.243 e. The maximum Gasteiger partial charge on any atom is 0.243 e. The fraction of sp³-hybridized carbons (Fsp3) is 0.200. The zero-order valence-electron chi connectivity index (χ0n) is 17.1. The first kappa shape index (κ1) is 21.4. The molecular weight excluding hydrogens is 394 g/mol. The highest BCUT2D eigenvalue weighted by Crippen LogP contribution is 2.21. The van der Waals surface area contributed by atoms with Crippen molar-refractivity contribution in [3.8, 4) is 6.07 Å². The maximum absolute atomic E-state index is 12.8. The number of carbonyl (C=O) groups is 1. The molecule has 4 nitrogen and oxygen atoms in total. The number of nitrogens with zero attached hydrogens (tertiary/aromatic N) is 2. The van der Waals surface area contributed by atoms with Crippen LogP contribution in [0, 0.1) is 11.3 Å². The van der Waals surface area contributed by atoms with E-state index in [0.717, 1.165) is 16.9 Å². The molecule has 0 aliphatic carbocycles. The van der Waals surface area contributed by atoms with Gasteiger partial charge in [-0.1, -0.05) is 55.8 Å². The van der Waals surface area contributed by atoms with Crippen molar-refractivity contribution < 1.29 is 4.79 Å². The van der Waals surface area contributed by atoms with E-state index in [9.17, 15) is 10.1 Å². The molecule has 0 saturated carbocycles. The molecule has 3 rings (SSSR count). The SMILES string of the molecule is CC(C)c1ccc(NC(=O)CN(Cc2ccc(Cl)cc2)c2cccc(C#N)c2)cc1. The van der Waals surface area contributed by atoms with Crippen molar-refractivity contribution in [1.82, 2.24) is 0 Å². The van der Waals surface area contributed by atoms with Gasteiger partial charge in [0.1, 0.15) is 0 Å². The van der Waals surface area contributed by atoms with Gasteiger partial charge in [-0.25, -0.2) is 0 Å². The van der Waals surface area contributed by atoms with Crippen LogP contribution in [-0.4, -0.2) is 12.5 Å². The van der Waals surface area contributed by atoms with Crippen LogP contribution in [0.25, 0.3) is 0 Å². The van der Waals surface area contributed by atoms with E-state index < -0.39 is 0 Å². The Morgan fingerprint density at radius 2 is 1.77 bits per heavy atom. The Hall–Kier alpha value is -3.29. The monoisotopic (exact) mass is 417 g/mol. The van der Waals surface area contributed by atoms with E-state index in [-0.39, 0.29) is 12.5 Å². The number of benzene rings is 3. The second kappa shape index (κ2) is 9.96. The van der Waals surface area contributed by atoms with Gasteiger partial charge in [0.05, 0.1) is 18.2 Å². The van der Waals surface area contributed by atoms with Gasteiger partial charge in [0.2, 0.25) is 5.91 Å². The van der Waals surface area contributed by atoms with E-state index in [0.29, 0.717) is 23.0 Å². The zero-order valence-corrected chi connectivity index (χ0v) is 17.9. The van der Waals surface area contributed by atoms with Gasteiger partial charge < -0.3 is 10.2 Å². The topological polar surface area (TPSA) is 56.1 Å². The highest BCUT2D eigenvalue weighted by Gasteiger charge is 2.14. The van der Waals surface area contributed by atoms with Gasteiger partial charge in [-0.05, 0) is 59.5 Å². The Labute approximate surface area is 182 Å². The van der Waals surface area contributed by atoms with Crippen LogP contribution in [-0.2, 0) is 11.3 Å². The molecule has 152 valence electrons. The fourth-order valence-corrected chi connectivity index (χ4v) is 3.27. The summed E-state index contributed by atoms with van der Waals surface area (Å²) in [7, 11) is 0. The third-order valence-corrected chi connectivity index (χ3v) is 5.07. The summed E-state index contributed by atoms with van der Waals surface area (Å²) < 4.78 is 0. The lowest BCUT2D eigenvalue weighted by molar-refractivity contribution is -0.115. The van der Waals surface area contributed by atoms with Crippen molar-refractivity contribution in [1.29, 1.82) is 5.26 Å². The molecule has 3 aromatic rings. The van der Waals surface area contributed by atoms with E-state index in [4.69, 9.17) is 11.6 Å². The summed E-state index contributed by atoms with van der Waals surface area (Å²) in [5.74, 6) is 0.320. The van der Waals surface area contributed by atoms with Crippen LogP contribution in [0.3, 0.4) is 0 Å². The Bertz CT molecular complexity index is 1040. The Balaban J connectivity index is 1.77. The van der Waals surface area contributed by atoms with Gasteiger partial charge >= 0.3 is 0 Å². The molecule has 0 fully saturated rings. The summed E-state index contributed by atoms with van der Waals surface area (Å²) in [6, 6.07) is 24.9. The lowest BCUT2D eigenvalue weighted by Gasteiger charge is -2.25. The van der Waals surface area contributed by atoms with E-state index >= 15 is 0 Å². The minimum absolute atomic E-state index is 0.122. The minimum Gasteiger partial charge on any atom is -0.358 e. The van der Waals surface area contributed by atoms with Crippen molar-refractivity contribution in [2.45, 2.75) is 26.3 Å². The van der Waals surface area contributed by atoms with E-state index in [1.807, 2.05) is 65.6 Å². The van der Waals surface area contributed by atoms with Crippen LogP contribution in [0.1, 0.15) is 36.5 Å². The van der Waals surface area contributed by atoms with Crippen molar-refractivity contribution >= 4 is 28.9 Å². The van der Waals surface area contributed by atoms with Gasteiger partial charge in [0.15, 0.2) is 0 Å². The normalized spacial score (nSPS) is 10.5. The zero-order chi connectivity index (χ0) is 21.5. The molecule has 5 heteroatoms. The highest BCUT2D eigenvalue weighted by atomic mass is 35.5. The summed E-state index contributed by atoms with van der Waals surface area (Å²) in [6.45, 7) is 4.95. The van der Waals surface area contributed by atoms with Crippen LogP contribution in [0.4, 0.5) is 11.4 Å². The number of hydrogen-bond acceptors (Lipinski definition) is 3.